The Hall–Kier alpha value is -2.90. The van der Waals surface area contributed by atoms with E-state index in [9.17, 15) is 9.59 Å². The summed E-state index contributed by atoms with van der Waals surface area (Å²) in [5.41, 5.74) is 7.67. The highest BCUT2D eigenvalue weighted by atomic mass is 16.5. The molecule has 2 aromatic carbocycles. The van der Waals surface area contributed by atoms with Gasteiger partial charge in [0.05, 0.1) is 36.5 Å². The number of nitrogens with zero attached hydrogens (tertiary/aromatic N) is 3. The summed E-state index contributed by atoms with van der Waals surface area (Å²) in [5.74, 6) is -0.149. The second-order valence-electron chi connectivity index (χ2n) is 10.3. The number of carbonyl (C=O) groups is 2. The van der Waals surface area contributed by atoms with Crippen LogP contribution >= 0.6 is 0 Å². The Bertz CT molecular complexity index is 1060. The van der Waals surface area contributed by atoms with Crippen LogP contribution in [0.15, 0.2) is 54.6 Å². The third-order valence-corrected chi connectivity index (χ3v) is 8.27. The predicted molar refractivity (Wildman–Crippen MR) is 132 cm³/mol. The van der Waals surface area contributed by atoms with Crippen LogP contribution in [0, 0.1) is 5.92 Å². The molecule has 0 bridgehead atoms. The summed E-state index contributed by atoms with van der Waals surface area (Å²) in [6.07, 6.45) is 3.71. The SMILES string of the molecule is CN(C)[C@]1(c2ccccc2)CC[C@@]2(CC1)CN(c1ccccc1C(N)=O)C(=O)N2CC1COC1. The molecular formula is C27H34N4O3. The van der Waals surface area contributed by atoms with Gasteiger partial charge in [0.25, 0.3) is 5.91 Å². The number of ether oxygens (including phenoxy) is 1. The van der Waals surface area contributed by atoms with Crippen LogP contribution in [-0.4, -0.2) is 67.7 Å². The number of primary amides is 1. The lowest BCUT2D eigenvalue weighted by Crippen LogP contribution is -2.57. The average molecular weight is 463 g/mol. The Morgan fingerprint density at radius 1 is 1.03 bits per heavy atom. The van der Waals surface area contributed by atoms with Gasteiger partial charge < -0.3 is 15.4 Å². The molecule has 0 aromatic heterocycles. The molecule has 0 radical (unpaired) electrons. The molecule has 2 heterocycles. The molecule has 1 spiro atoms. The molecule has 0 atom stereocenters. The van der Waals surface area contributed by atoms with Crippen LogP contribution < -0.4 is 10.6 Å². The van der Waals surface area contributed by atoms with Gasteiger partial charge >= 0.3 is 6.03 Å². The fourth-order valence-corrected chi connectivity index (χ4v) is 6.12. The summed E-state index contributed by atoms with van der Waals surface area (Å²) in [7, 11) is 4.31. The summed E-state index contributed by atoms with van der Waals surface area (Å²) in [4.78, 5) is 32.2. The van der Waals surface area contributed by atoms with Crippen molar-refractivity contribution >= 4 is 17.6 Å². The zero-order valence-corrected chi connectivity index (χ0v) is 20.1. The van der Waals surface area contributed by atoms with E-state index in [1.165, 1.54) is 5.56 Å². The van der Waals surface area contributed by atoms with Crippen molar-refractivity contribution in [1.29, 1.82) is 0 Å². The Morgan fingerprint density at radius 3 is 2.26 bits per heavy atom. The van der Waals surface area contributed by atoms with E-state index >= 15 is 0 Å². The highest BCUT2D eigenvalue weighted by Crippen LogP contribution is 2.50. The standard InChI is InChI=1S/C27H34N4O3/c1-29(2)27(21-8-4-3-5-9-21)14-12-26(13-15-27)19-30(23-11-7-6-10-22(23)24(28)32)25(33)31(26)16-20-17-34-18-20/h3-11,20H,12-19H2,1-2H3,(H2,28,32)/t26-,27-. The van der Waals surface area contributed by atoms with E-state index in [0.717, 1.165) is 25.7 Å². The average Bonchev–Trinajstić information content (AvgIpc) is 3.08. The van der Waals surface area contributed by atoms with Crippen molar-refractivity contribution in [3.8, 4) is 0 Å². The minimum Gasteiger partial charge on any atom is -0.381 e. The zero-order chi connectivity index (χ0) is 23.9. The Balaban J connectivity index is 1.48. The largest absolute Gasteiger partial charge is 0.381 e. The quantitative estimate of drug-likeness (QED) is 0.713. The highest BCUT2D eigenvalue weighted by molar-refractivity contribution is 6.05. The lowest BCUT2D eigenvalue weighted by Gasteiger charge is -2.51. The van der Waals surface area contributed by atoms with Crippen molar-refractivity contribution in [1.82, 2.24) is 9.80 Å². The fraction of sp³-hybridized carbons (Fsp3) is 0.481. The van der Waals surface area contributed by atoms with Gasteiger partial charge in [-0.25, -0.2) is 4.79 Å². The maximum Gasteiger partial charge on any atom is 0.325 e. The van der Waals surface area contributed by atoms with E-state index in [-0.39, 0.29) is 17.1 Å². The van der Waals surface area contributed by atoms with Crippen molar-refractivity contribution in [2.24, 2.45) is 11.7 Å². The molecular weight excluding hydrogens is 428 g/mol. The number of rotatable bonds is 6. The van der Waals surface area contributed by atoms with Gasteiger partial charge in [0.2, 0.25) is 0 Å². The van der Waals surface area contributed by atoms with Crippen molar-refractivity contribution in [2.45, 2.75) is 36.8 Å². The van der Waals surface area contributed by atoms with Crippen LogP contribution in [0.5, 0.6) is 0 Å². The van der Waals surface area contributed by atoms with Crippen molar-refractivity contribution in [3.63, 3.8) is 0 Å². The van der Waals surface area contributed by atoms with Crippen molar-refractivity contribution in [3.05, 3.63) is 65.7 Å². The van der Waals surface area contributed by atoms with Crippen molar-refractivity contribution < 1.29 is 14.3 Å². The van der Waals surface area contributed by atoms with Crippen LogP contribution in [-0.2, 0) is 10.3 Å². The number of benzene rings is 2. The number of urea groups is 1. The van der Waals surface area contributed by atoms with Gasteiger partial charge in [0, 0.05) is 18.0 Å². The van der Waals surface area contributed by atoms with Gasteiger partial charge in [-0.2, -0.15) is 0 Å². The fourth-order valence-electron chi connectivity index (χ4n) is 6.12. The maximum absolute atomic E-state index is 13.8. The number of amides is 3. The third kappa shape index (κ3) is 3.67. The van der Waals surface area contributed by atoms with E-state index in [1.54, 1.807) is 17.0 Å². The third-order valence-electron chi connectivity index (χ3n) is 8.27. The predicted octanol–water partition coefficient (Wildman–Crippen LogP) is 3.44. The molecule has 2 saturated heterocycles. The molecule has 2 N–H and O–H groups in total. The van der Waals surface area contributed by atoms with Gasteiger partial charge in [-0.15, -0.1) is 0 Å². The summed E-state index contributed by atoms with van der Waals surface area (Å²) in [5, 5.41) is 0. The summed E-state index contributed by atoms with van der Waals surface area (Å²) in [6, 6.07) is 17.9. The molecule has 1 aliphatic carbocycles. The number of hydrogen-bond acceptors (Lipinski definition) is 4. The van der Waals surface area contributed by atoms with E-state index < -0.39 is 5.91 Å². The van der Waals surface area contributed by atoms with Gasteiger partial charge in [0.1, 0.15) is 0 Å². The second-order valence-corrected chi connectivity index (χ2v) is 10.3. The molecule has 3 aliphatic rings. The first kappa shape index (κ1) is 22.9. The molecule has 180 valence electrons. The Labute approximate surface area is 201 Å². The molecule has 3 fully saturated rings. The number of hydrogen-bond donors (Lipinski definition) is 1. The minimum atomic E-state index is -0.511. The summed E-state index contributed by atoms with van der Waals surface area (Å²) in [6.45, 7) is 2.66. The molecule has 2 aromatic rings. The molecule has 34 heavy (non-hydrogen) atoms. The van der Waals surface area contributed by atoms with Gasteiger partial charge in [-0.3, -0.25) is 14.6 Å². The maximum atomic E-state index is 13.8. The van der Waals surface area contributed by atoms with E-state index in [2.05, 4.69) is 54.2 Å². The summed E-state index contributed by atoms with van der Waals surface area (Å²) < 4.78 is 5.42. The Kier molecular flexibility index (Phi) is 5.86. The topological polar surface area (TPSA) is 79.1 Å². The Morgan fingerprint density at radius 2 is 1.68 bits per heavy atom. The molecule has 7 nitrogen and oxygen atoms in total. The lowest BCUT2D eigenvalue weighted by atomic mass is 9.68. The summed E-state index contributed by atoms with van der Waals surface area (Å²) >= 11 is 0. The number of anilines is 1. The van der Waals surface area contributed by atoms with Crippen molar-refractivity contribution in [2.75, 3.05) is 45.3 Å². The molecule has 3 amide bonds. The van der Waals surface area contributed by atoms with Crippen LogP contribution in [0.4, 0.5) is 10.5 Å². The van der Waals surface area contributed by atoms with Gasteiger partial charge in [0.15, 0.2) is 0 Å². The first-order valence-corrected chi connectivity index (χ1v) is 12.1. The second kappa shape index (κ2) is 8.71. The molecule has 7 heteroatoms. The number of para-hydroxylation sites is 1. The molecule has 5 rings (SSSR count). The molecule has 2 aliphatic heterocycles. The van der Waals surface area contributed by atoms with E-state index in [1.807, 2.05) is 12.1 Å². The minimum absolute atomic E-state index is 0.0299. The smallest absolute Gasteiger partial charge is 0.325 e. The number of nitrogens with two attached hydrogens (primary N) is 1. The number of carbonyl (C=O) groups excluding carboxylic acids is 2. The first-order chi connectivity index (χ1) is 16.4. The monoisotopic (exact) mass is 462 g/mol. The zero-order valence-electron chi connectivity index (χ0n) is 20.1. The lowest BCUT2D eigenvalue weighted by molar-refractivity contribution is -0.0569. The highest BCUT2D eigenvalue weighted by Gasteiger charge is 2.55. The van der Waals surface area contributed by atoms with Crippen LogP contribution in [0.3, 0.4) is 0 Å². The van der Waals surface area contributed by atoms with Gasteiger partial charge in [-0.05, 0) is 57.5 Å². The normalized spacial score (nSPS) is 27.4. The van der Waals surface area contributed by atoms with Crippen LogP contribution in [0.1, 0.15) is 41.6 Å². The molecule has 0 unspecified atom stereocenters. The van der Waals surface area contributed by atoms with Gasteiger partial charge in [-0.1, -0.05) is 42.5 Å². The van der Waals surface area contributed by atoms with E-state index in [0.29, 0.717) is 43.5 Å². The first-order valence-electron chi connectivity index (χ1n) is 12.1. The van der Waals surface area contributed by atoms with E-state index in [4.69, 9.17) is 10.5 Å². The van der Waals surface area contributed by atoms with Crippen LogP contribution in [0.25, 0.3) is 0 Å². The molecule has 1 saturated carbocycles. The van der Waals surface area contributed by atoms with Crippen LogP contribution in [0.2, 0.25) is 0 Å².